The summed E-state index contributed by atoms with van der Waals surface area (Å²) in [5.74, 6) is 1.82. The molecule has 3 rings (SSSR count). The van der Waals surface area contributed by atoms with Crippen LogP contribution in [0, 0.1) is 11.8 Å². The molecule has 0 spiro atoms. The van der Waals surface area contributed by atoms with E-state index in [9.17, 15) is 4.79 Å². The fourth-order valence-corrected chi connectivity index (χ4v) is 4.06. The Hall–Kier alpha value is -0.830. The van der Waals surface area contributed by atoms with Crippen molar-refractivity contribution in [3.8, 4) is 0 Å². The van der Waals surface area contributed by atoms with Crippen LogP contribution in [0.1, 0.15) is 43.0 Å². The number of rotatable bonds is 2. The molecule has 2 nitrogen and oxygen atoms in total. The lowest BCUT2D eigenvalue weighted by Crippen LogP contribution is -2.43. The third-order valence-corrected chi connectivity index (χ3v) is 5.02. The van der Waals surface area contributed by atoms with Crippen LogP contribution < -0.4 is 4.90 Å². The quantitative estimate of drug-likeness (QED) is 0.758. The van der Waals surface area contributed by atoms with E-state index >= 15 is 0 Å². The number of benzene rings is 1. The molecule has 2 fully saturated rings. The van der Waals surface area contributed by atoms with Gasteiger partial charge in [-0.3, -0.25) is 4.79 Å². The van der Waals surface area contributed by atoms with Gasteiger partial charge in [0.25, 0.3) is 0 Å². The van der Waals surface area contributed by atoms with Gasteiger partial charge < -0.3 is 4.90 Å². The van der Waals surface area contributed by atoms with Crippen molar-refractivity contribution in [2.24, 2.45) is 11.8 Å². The van der Waals surface area contributed by atoms with E-state index in [4.69, 9.17) is 0 Å². The number of ketones is 1. The number of Topliss-reactive ketones (excluding diaryl/α,β-unsaturated/α-hetero) is 1. The van der Waals surface area contributed by atoms with Gasteiger partial charge in [0.2, 0.25) is 0 Å². The Bertz CT molecular complexity index is 488. The van der Waals surface area contributed by atoms with Crippen LogP contribution in [0.25, 0.3) is 0 Å². The van der Waals surface area contributed by atoms with Crippen LogP contribution >= 0.6 is 15.9 Å². The monoisotopic (exact) mass is 321 g/mol. The SMILES string of the molecule is CC(=O)c1cc(Br)ccc1N1CC2CCCC(C2)C1. The summed E-state index contributed by atoms with van der Waals surface area (Å²) < 4.78 is 0.985. The van der Waals surface area contributed by atoms with Crippen LogP contribution in [0.2, 0.25) is 0 Å². The van der Waals surface area contributed by atoms with Gasteiger partial charge in [0, 0.05) is 28.8 Å². The van der Waals surface area contributed by atoms with Crippen molar-refractivity contribution in [3.63, 3.8) is 0 Å². The van der Waals surface area contributed by atoms with E-state index in [0.29, 0.717) is 0 Å². The summed E-state index contributed by atoms with van der Waals surface area (Å²) in [4.78, 5) is 14.3. The Morgan fingerprint density at radius 3 is 2.58 bits per heavy atom. The minimum atomic E-state index is 0.159. The molecule has 2 bridgehead atoms. The Morgan fingerprint density at radius 1 is 1.26 bits per heavy atom. The van der Waals surface area contributed by atoms with E-state index in [1.165, 1.54) is 25.7 Å². The van der Waals surface area contributed by atoms with Gasteiger partial charge in [0.05, 0.1) is 0 Å². The van der Waals surface area contributed by atoms with Crippen molar-refractivity contribution in [2.45, 2.75) is 32.6 Å². The first-order chi connectivity index (χ1) is 9.13. The van der Waals surface area contributed by atoms with Crippen LogP contribution in [-0.2, 0) is 0 Å². The molecule has 3 heteroatoms. The van der Waals surface area contributed by atoms with Crippen molar-refractivity contribution >= 4 is 27.4 Å². The van der Waals surface area contributed by atoms with Gasteiger partial charge in [-0.2, -0.15) is 0 Å². The summed E-state index contributed by atoms with van der Waals surface area (Å²) in [6, 6.07) is 6.11. The molecule has 102 valence electrons. The van der Waals surface area contributed by atoms with Crippen LogP contribution in [-0.4, -0.2) is 18.9 Å². The molecule has 0 N–H and O–H groups in total. The highest BCUT2D eigenvalue weighted by Crippen LogP contribution is 2.37. The Labute approximate surface area is 123 Å². The molecule has 19 heavy (non-hydrogen) atoms. The summed E-state index contributed by atoms with van der Waals surface area (Å²) in [5.41, 5.74) is 1.99. The molecule has 0 radical (unpaired) electrons. The number of hydrogen-bond acceptors (Lipinski definition) is 2. The van der Waals surface area contributed by atoms with E-state index in [2.05, 4.69) is 26.9 Å². The number of fused-ring (bicyclic) bond motifs is 2. The minimum absolute atomic E-state index is 0.159. The Morgan fingerprint density at radius 2 is 1.95 bits per heavy atom. The van der Waals surface area contributed by atoms with Crippen molar-refractivity contribution in [1.29, 1.82) is 0 Å². The van der Waals surface area contributed by atoms with Gasteiger partial charge in [-0.1, -0.05) is 22.4 Å². The molecule has 1 aliphatic carbocycles. The molecular weight excluding hydrogens is 302 g/mol. The molecule has 1 aliphatic heterocycles. The topological polar surface area (TPSA) is 20.3 Å². The molecule has 1 saturated carbocycles. The lowest BCUT2D eigenvalue weighted by atomic mass is 9.77. The molecule has 2 aliphatic rings. The van der Waals surface area contributed by atoms with E-state index in [-0.39, 0.29) is 5.78 Å². The number of nitrogens with zero attached hydrogens (tertiary/aromatic N) is 1. The Balaban J connectivity index is 1.91. The Kier molecular flexibility index (Phi) is 3.66. The van der Waals surface area contributed by atoms with Crippen LogP contribution in [0.3, 0.4) is 0 Å². The van der Waals surface area contributed by atoms with Gasteiger partial charge in [0.1, 0.15) is 0 Å². The first-order valence-corrected chi connectivity index (χ1v) is 7.98. The van der Waals surface area contributed by atoms with Gasteiger partial charge in [-0.25, -0.2) is 0 Å². The van der Waals surface area contributed by atoms with Crippen LogP contribution in [0.4, 0.5) is 5.69 Å². The fourth-order valence-electron chi connectivity index (χ4n) is 3.69. The van der Waals surface area contributed by atoms with Crippen molar-refractivity contribution in [1.82, 2.24) is 0 Å². The molecule has 1 heterocycles. The maximum atomic E-state index is 11.9. The number of anilines is 1. The molecular formula is C16H20BrNO. The molecule has 1 aromatic rings. The second-order valence-corrected chi connectivity index (χ2v) is 6.94. The van der Waals surface area contributed by atoms with Crippen LogP contribution in [0.5, 0.6) is 0 Å². The first kappa shape index (κ1) is 13.2. The number of halogens is 1. The zero-order valence-corrected chi connectivity index (χ0v) is 12.9. The highest BCUT2D eigenvalue weighted by Gasteiger charge is 2.31. The van der Waals surface area contributed by atoms with E-state index in [1.54, 1.807) is 6.92 Å². The fraction of sp³-hybridized carbons (Fsp3) is 0.562. The van der Waals surface area contributed by atoms with Crippen molar-refractivity contribution < 1.29 is 4.79 Å². The highest BCUT2D eigenvalue weighted by atomic mass is 79.9. The molecule has 1 saturated heterocycles. The number of carbonyl (C=O) groups excluding carboxylic acids is 1. The average Bonchev–Trinajstić information content (AvgIpc) is 2.38. The molecule has 2 unspecified atom stereocenters. The summed E-state index contributed by atoms with van der Waals surface area (Å²) in [6.07, 6.45) is 5.50. The van der Waals surface area contributed by atoms with Gasteiger partial charge in [-0.15, -0.1) is 0 Å². The number of piperidine rings is 1. The lowest BCUT2D eigenvalue weighted by molar-refractivity contribution is 0.101. The maximum Gasteiger partial charge on any atom is 0.161 e. The minimum Gasteiger partial charge on any atom is -0.370 e. The van der Waals surface area contributed by atoms with Crippen molar-refractivity contribution in [3.05, 3.63) is 28.2 Å². The number of hydrogen-bond donors (Lipinski definition) is 0. The maximum absolute atomic E-state index is 11.9. The van der Waals surface area contributed by atoms with E-state index in [0.717, 1.165) is 40.6 Å². The summed E-state index contributed by atoms with van der Waals surface area (Å²) in [6.45, 7) is 3.91. The third-order valence-electron chi connectivity index (χ3n) is 4.53. The highest BCUT2D eigenvalue weighted by molar-refractivity contribution is 9.10. The average molecular weight is 322 g/mol. The first-order valence-electron chi connectivity index (χ1n) is 7.19. The second kappa shape index (κ2) is 5.28. The largest absolute Gasteiger partial charge is 0.370 e. The zero-order chi connectivity index (χ0) is 13.4. The molecule has 2 atom stereocenters. The smallest absolute Gasteiger partial charge is 0.161 e. The van der Waals surface area contributed by atoms with Gasteiger partial charge in [-0.05, 0) is 56.2 Å². The summed E-state index contributed by atoms with van der Waals surface area (Å²) in [5, 5.41) is 0. The van der Waals surface area contributed by atoms with E-state index < -0.39 is 0 Å². The molecule has 0 aromatic heterocycles. The molecule has 0 amide bonds. The lowest BCUT2D eigenvalue weighted by Gasteiger charge is -2.43. The van der Waals surface area contributed by atoms with Gasteiger partial charge >= 0.3 is 0 Å². The number of carbonyl (C=O) groups is 1. The summed E-state index contributed by atoms with van der Waals surface area (Å²) in [7, 11) is 0. The van der Waals surface area contributed by atoms with Gasteiger partial charge in [0.15, 0.2) is 5.78 Å². The third kappa shape index (κ3) is 2.71. The van der Waals surface area contributed by atoms with E-state index in [1.807, 2.05) is 12.1 Å². The van der Waals surface area contributed by atoms with Crippen LogP contribution in [0.15, 0.2) is 22.7 Å². The predicted molar refractivity (Wildman–Crippen MR) is 81.8 cm³/mol. The van der Waals surface area contributed by atoms with Crippen molar-refractivity contribution in [2.75, 3.05) is 18.0 Å². The predicted octanol–water partition coefficient (Wildman–Crippen LogP) is 4.28. The second-order valence-electron chi connectivity index (χ2n) is 6.02. The molecule has 1 aromatic carbocycles. The summed E-state index contributed by atoms with van der Waals surface area (Å²) >= 11 is 3.47. The standard InChI is InChI=1S/C16H20BrNO/c1-11(19)15-8-14(17)5-6-16(15)18-9-12-3-2-4-13(7-12)10-18/h5-6,8,12-13H,2-4,7,9-10H2,1H3. The normalized spacial score (nSPS) is 26.3. The zero-order valence-electron chi connectivity index (χ0n) is 11.4.